The van der Waals surface area contributed by atoms with E-state index >= 15 is 0 Å². The highest BCUT2D eigenvalue weighted by molar-refractivity contribution is 9.10. The fraction of sp³-hybridized carbons (Fsp3) is 0.250. The molecule has 104 valence electrons. The number of amides is 1. The molecule has 0 saturated heterocycles. The van der Waals surface area contributed by atoms with Gasteiger partial charge >= 0.3 is 0 Å². The van der Waals surface area contributed by atoms with Crippen LogP contribution in [0.1, 0.15) is 29.9 Å². The molecule has 2 rings (SSSR count). The van der Waals surface area contributed by atoms with E-state index in [1.54, 1.807) is 6.20 Å². The molecule has 0 saturated carbocycles. The van der Waals surface area contributed by atoms with Gasteiger partial charge in [0, 0.05) is 22.3 Å². The molecule has 1 heterocycles. The normalized spacial score (nSPS) is 10.6. The van der Waals surface area contributed by atoms with Gasteiger partial charge in [-0.1, -0.05) is 22.0 Å². The SMILES string of the molecule is CC(C)N(Cc1ccccn1)C(=O)c1ccc(Br)cc1. The van der Waals surface area contributed by atoms with Gasteiger partial charge in [0.2, 0.25) is 0 Å². The highest BCUT2D eigenvalue weighted by atomic mass is 79.9. The lowest BCUT2D eigenvalue weighted by Gasteiger charge is -2.26. The zero-order chi connectivity index (χ0) is 14.5. The second-order valence-electron chi connectivity index (χ2n) is 4.85. The van der Waals surface area contributed by atoms with Crippen molar-refractivity contribution in [2.45, 2.75) is 26.4 Å². The van der Waals surface area contributed by atoms with Crippen LogP contribution in [0.25, 0.3) is 0 Å². The molecule has 2 aromatic rings. The quantitative estimate of drug-likeness (QED) is 0.850. The number of nitrogens with zero attached hydrogens (tertiary/aromatic N) is 2. The maximum absolute atomic E-state index is 12.6. The average Bonchev–Trinajstić information content (AvgIpc) is 2.45. The highest BCUT2D eigenvalue weighted by Crippen LogP contribution is 2.15. The van der Waals surface area contributed by atoms with Crippen molar-refractivity contribution < 1.29 is 4.79 Å². The summed E-state index contributed by atoms with van der Waals surface area (Å²) in [6.07, 6.45) is 1.75. The predicted octanol–water partition coefficient (Wildman–Crippen LogP) is 3.89. The minimum atomic E-state index is 0.0261. The first-order chi connectivity index (χ1) is 9.58. The van der Waals surface area contributed by atoms with Gasteiger partial charge in [0.1, 0.15) is 0 Å². The molecule has 0 aliphatic heterocycles. The summed E-state index contributed by atoms with van der Waals surface area (Å²) in [4.78, 5) is 18.7. The van der Waals surface area contributed by atoms with Crippen molar-refractivity contribution in [2.75, 3.05) is 0 Å². The van der Waals surface area contributed by atoms with Crippen LogP contribution in [0.15, 0.2) is 53.1 Å². The van der Waals surface area contributed by atoms with E-state index in [9.17, 15) is 4.79 Å². The Morgan fingerprint density at radius 2 is 1.90 bits per heavy atom. The molecular formula is C16H17BrN2O. The van der Waals surface area contributed by atoms with Crippen molar-refractivity contribution in [1.82, 2.24) is 9.88 Å². The fourth-order valence-electron chi connectivity index (χ4n) is 1.91. The van der Waals surface area contributed by atoms with Crippen LogP contribution in [0.2, 0.25) is 0 Å². The van der Waals surface area contributed by atoms with Crippen molar-refractivity contribution in [3.63, 3.8) is 0 Å². The first-order valence-corrected chi connectivity index (χ1v) is 7.33. The Morgan fingerprint density at radius 3 is 2.45 bits per heavy atom. The molecule has 1 amide bonds. The summed E-state index contributed by atoms with van der Waals surface area (Å²) in [6.45, 7) is 4.55. The van der Waals surface area contributed by atoms with Crippen LogP contribution in [-0.2, 0) is 6.54 Å². The number of halogens is 1. The summed E-state index contributed by atoms with van der Waals surface area (Å²) in [5.41, 5.74) is 1.59. The maximum atomic E-state index is 12.6. The lowest BCUT2D eigenvalue weighted by molar-refractivity contribution is 0.0688. The van der Waals surface area contributed by atoms with Gasteiger partial charge in [-0.25, -0.2) is 0 Å². The summed E-state index contributed by atoms with van der Waals surface area (Å²) >= 11 is 3.38. The molecule has 0 unspecified atom stereocenters. The Kier molecular flexibility index (Phi) is 4.90. The van der Waals surface area contributed by atoms with Crippen molar-refractivity contribution in [2.24, 2.45) is 0 Å². The van der Waals surface area contributed by atoms with Gasteiger partial charge in [0.05, 0.1) is 12.2 Å². The van der Waals surface area contributed by atoms with E-state index in [-0.39, 0.29) is 11.9 Å². The van der Waals surface area contributed by atoms with Crippen LogP contribution in [0.4, 0.5) is 0 Å². The van der Waals surface area contributed by atoms with Gasteiger partial charge in [-0.15, -0.1) is 0 Å². The zero-order valence-corrected chi connectivity index (χ0v) is 13.2. The molecule has 0 spiro atoms. The summed E-state index contributed by atoms with van der Waals surface area (Å²) < 4.78 is 0.967. The largest absolute Gasteiger partial charge is 0.330 e. The van der Waals surface area contributed by atoms with Gasteiger partial charge in [0.15, 0.2) is 0 Å². The smallest absolute Gasteiger partial charge is 0.254 e. The van der Waals surface area contributed by atoms with E-state index in [1.807, 2.05) is 61.2 Å². The van der Waals surface area contributed by atoms with Gasteiger partial charge < -0.3 is 4.90 Å². The number of hydrogen-bond donors (Lipinski definition) is 0. The summed E-state index contributed by atoms with van der Waals surface area (Å²) in [5, 5.41) is 0. The van der Waals surface area contributed by atoms with Crippen LogP contribution in [0, 0.1) is 0 Å². The number of aromatic nitrogens is 1. The van der Waals surface area contributed by atoms with E-state index in [1.165, 1.54) is 0 Å². The second kappa shape index (κ2) is 6.66. The van der Waals surface area contributed by atoms with E-state index in [0.717, 1.165) is 10.2 Å². The van der Waals surface area contributed by atoms with Crippen molar-refractivity contribution >= 4 is 21.8 Å². The zero-order valence-electron chi connectivity index (χ0n) is 11.6. The first kappa shape index (κ1) is 14.7. The molecule has 0 radical (unpaired) electrons. The van der Waals surface area contributed by atoms with Crippen LogP contribution in [-0.4, -0.2) is 21.8 Å². The fourth-order valence-corrected chi connectivity index (χ4v) is 2.18. The Bertz CT molecular complexity index is 567. The van der Waals surface area contributed by atoms with Crippen LogP contribution < -0.4 is 0 Å². The van der Waals surface area contributed by atoms with E-state index in [2.05, 4.69) is 20.9 Å². The molecule has 0 aliphatic rings. The van der Waals surface area contributed by atoms with Gasteiger partial charge in [-0.3, -0.25) is 9.78 Å². The Hall–Kier alpha value is -1.68. The van der Waals surface area contributed by atoms with Crippen molar-refractivity contribution in [3.05, 3.63) is 64.4 Å². The Labute approximate surface area is 127 Å². The third-order valence-corrected chi connectivity index (χ3v) is 3.56. The predicted molar refractivity (Wildman–Crippen MR) is 83.4 cm³/mol. The minimum absolute atomic E-state index is 0.0261. The minimum Gasteiger partial charge on any atom is -0.330 e. The number of carbonyl (C=O) groups is 1. The molecule has 0 bridgehead atoms. The molecule has 1 aromatic carbocycles. The van der Waals surface area contributed by atoms with Gasteiger partial charge in [0.25, 0.3) is 5.91 Å². The topological polar surface area (TPSA) is 33.2 Å². The molecule has 0 fully saturated rings. The van der Waals surface area contributed by atoms with Crippen LogP contribution >= 0.6 is 15.9 Å². The van der Waals surface area contributed by atoms with Gasteiger partial charge in [-0.05, 0) is 50.2 Å². The number of benzene rings is 1. The van der Waals surface area contributed by atoms with E-state index < -0.39 is 0 Å². The summed E-state index contributed by atoms with van der Waals surface area (Å²) in [6, 6.07) is 13.3. The number of hydrogen-bond acceptors (Lipinski definition) is 2. The number of pyridine rings is 1. The van der Waals surface area contributed by atoms with Crippen molar-refractivity contribution in [1.29, 1.82) is 0 Å². The molecule has 0 aliphatic carbocycles. The molecule has 3 nitrogen and oxygen atoms in total. The lowest BCUT2D eigenvalue weighted by atomic mass is 10.1. The summed E-state index contributed by atoms with van der Waals surface area (Å²) in [5.74, 6) is 0.0261. The van der Waals surface area contributed by atoms with Crippen molar-refractivity contribution in [3.8, 4) is 0 Å². The standard InChI is InChI=1S/C16H17BrN2O/c1-12(2)19(11-15-5-3-4-10-18-15)16(20)13-6-8-14(17)9-7-13/h3-10,12H,11H2,1-2H3. The number of rotatable bonds is 4. The third kappa shape index (κ3) is 3.67. The first-order valence-electron chi connectivity index (χ1n) is 6.54. The van der Waals surface area contributed by atoms with E-state index in [4.69, 9.17) is 0 Å². The Morgan fingerprint density at radius 1 is 1.20 bits per heavy atom. The third-order valence-electron chi connectivity index (χ3n) is 3.03. The van der Waals surface area contributed by atoms with E-state index in [0.29, 0.717) is 12.1 Å². The molecular weight excluding hydrogens is 316 g/mol. The lowest BCUT2D eigenvalue weighted by Crippen LogP contribution is -2.36. The molecule has 1 aromatic heterocycles. The molecule has 20 heavy (non-hydrogen) atoms. The van der Waals surface area contributed by atoms with Gasteiger partial charge in [-0.2, -0.15) is 0 Å². The Balaban J connectivity index is 2.20. The molecule has 0 atom stereocenters. The van der Waals surface area contributed by atoms with Crippen LogP contribution in [0.3, 0.4) is 0 Å². The van der Waals surface area contributed by atoms with Crippen LogP contribution in [0.5, 0.6) is 0 Å². The molecule has 0 N–H and O–H groups in total. The second-order valence-corrected chi connectivity index (χ2v) is 5.77. The maximum Gasteiger partial charge on any atom is 0.254 e. The average molecular weight is 333 g/mol. The molecule has 4 heteroatoms. The number of carbonyl (C=O) groups excluding carboxylic acids is 1. The summed E-state index contributed by atoms with van der Waals surface area (Å²) in [7, 11) is 0. The highest BCUT2D eigenvalue weighted by Gasteiger charge is 2.19. The monoisotopic (exact) mass is 332 g/mol.